The zero-order valence-corrected chi connectivity index (χ0v) is 16.9. The highest BCUT2D eigenvalue weighted by atomic mass is 35.5. The van der Waals surface area contributed by atoms with Gasteiger partial charge in [0.25, 0.3) is 15.9 Å². The van der Waals surface area contributed by atoms with Crippen LogP contribution in [0.5, 0.6) is 0 Å². The SMILES string of the molecule is CCOCCCNC(=O)c1cc(S(=O)(=O)Nc2cccc(C)c2)ccc1Cl. The van der Waals surface area contributed by atoms with Crippen LogP contribution in [0.25, 0.3) is 0 Å². The molecule has 6 nitrogen and oxygen atoms in total. The first-order valence-electron chi connectivity index (χ1n) is 8.58. The number of nitrogens with one attached hydrogen (secondary N) is 2. The van der Waals surface area contributed by atoms with Crippen molar-refractivity contribution in [2.24, 2.45) is 0 Å². The zero-order chi connectivity index (χ0) is 19.9. The lowest BCUT2D eigenvalue weighted by Gasteiger charge is -2.11. The predicted molar refractivity (Wildman–Crippen MR) is 107 cm³/mol. The van der Waals surface area contributed by atoms with Gasteiger partial charge in [-0.3, -0.25) is 9.52 Å². The Labute approximate surface area is 164 Å². The van der Waals surface area contributed by atoms with Crippen LogP contribution in [0, 0.1) is 6.92 Å². The van der Waals surface area contributed by atoms with E-state index in [-0.39, 0.29) is 15.5 Å². The van der Waals surface area contributed by atoms with Crippen LogP contribution in [-0.4, -0.2) is 34.1 Å². The van der Waals surface area contributed by atoms with Crippen molar-refractivity contribution in [3.05, 3.63) is 58.6 Å². The number of halogens is 1. The lowest BCUT2D eigenvalue weighted by molar-refractivity contribution is 0.0944. The first kappa shape index (κ1) is 21.2. The van der Waals surface area contributed by atoms with Gasteiger partial charge < -0.3 is 10.1 Å². The molecule has 1 amide bonds. The molecule has 0 unspecified atom stereocenters. The number of carbonyl (C=O) groups is 1. The molecule has 146 valence electrons. The van der Waals surface area contributed by atoms with Gasteiger partial charge in [-0.05, 0) is 56.2 Å². The number of sulfonamides is 1. The van der Waals surface area contributed by atoms with Crippen molar-refractivity contribution in [2.45, 2.75) is 25.2 Å². The highest BCUT2D eigenvalue weighted by Crippen LogP contribution is 2.23. The van der Waals surface area contributed by atoms with E-state index in [0.717, 1.165) is 5.56 Å². The molecule has 0 bridgehead atoms. The second-order valence-corrected chi connectivity index (χ2v) is 8.01. The maximum Gasteiger partial charge on any atom is 0.261 e. The molecule has 27 heavy (non-hydrogen) atoms. The van der Waals surface area contributed by atoms with Gasteiger partial charge >= 0.3 is 0 Å². The van der Waals surface area contributed by atoms with Crippen molar-refractivity contribution in [1.82, 2.24) is 5.32 Å². The molecule has 0 saturated carbocycles. The molecule has 0 saturated heterocycles. The number of hydrogen-bond donors (Lipinski definition) is 2. The third-order valence-electron chi connectivity index (χ3n) is 3.72. The first-order chi connectivity index (χ1) is 12.8. The van der Waals surface area contributed by atoms with Gasteiger partial charge in [0.2, 0.25) is 0 Å². The number of hydrogen-bond acceptors (Lipinski definition) is 4. The van der Waals surface area contributed by atoms with E-state index < -0.39 is 15.9 Å². The van der Waals surface area contributed by atoms with Crippen molar-refractivity contribution in [3.8, 4) is 0 Å². The van der Waals surface area contributed by atoms with E-state index in [9.17, 15) is 13.2 Å². The summed E-state index contributed by atoms with van der Waals surface area (Å²) in [6.07, 6.45) is 0.657. The molecule has 0 spiro atoms. The number of carbonyl (C=O) groups excluding carboxylic acids is 1. The Bertz CT molecular complexity index is 900. The molecular weight excluding hydrogens is 388 g/mol. The lowest BCUT2D eigenvalue weighted by atomic mass is 10.2. The highest BCUT2D eigenvalue weighted by molar-refractivity contribution is 7.92. The van der Waals surface area contributed by atoms with Gasteiger partial charge in [0.1, 0.15) is 0 Å². The van der Waals surface area contributed by atoms with Gasteiger partial charge in [-0.1, -0.05) is 23.7 Å². The summed E-state index contributed by atoms with van der Waals surface area (Å²) >= 11 is 6.08. The maximum atomic E-state index is 12.6. The third kappa shape index (κ3) is 6.23. The Kier molecular flexibility index (Phi) is 7.65. The fourth-order valence-corrected chi connectivity index (χ4v) is 3.66. The summed E-state index contributed by atoms with van der Waals surface area (Å²) in [6, 6.07) is 11.1. The summed E-state index contributed by atoms with van der Waals surface area (Å²) in [5.74, 6) is -0.427. The topological polar surface area (TPSA) is 84.5 Å². The number of aryl methyl sites for hydroxylation is 1. The summed E-state index contributed by atoms with van der Waals surface area (Å²) in [6.45, 7) is 5.34. The van der Waals surface area contributed by atoms with Gasteiger partial charge in [-0.2, -0.15) is 0 Å². The average molecular weight is 411 g/mol. The van der Waals surface area contributed by atoms with E-state index in [1.165, 1.54) is 18.2 Å². The molecule has 0 atom stereocenters. The molecule has 2 aromatic rings. The highest BCUT2D eigenvalue weighted by Gasteiger charge is 2.19. The third-order valence-corrected chi connectivity index (χ3v) is 5.43. The van der Waals surface area contributed by atoms with Crippen LogP contribution in [0.3, 0.4) is 0 Å². The zero-order valence-electron chi connectivity index (χ0n) is 15.3. The van der Waals surface area contributed by atoms with Gasteiger partial charge in [-0.15, -0.1) is 0 Å². The molecule has 0 heterocycles. The molecule has 8 heteroatoms. The fraction of sp³-hybridized carbons (Fsp3) is 0.316. The maximum absolute atomic E-state index is 12.6. The van der Waals surface area contributed by atoms with Crippen molar-refractivity contribution >= 4 is 33.2 Å². The van der Waals surface area contributed by atoms with E-state index in [0.29, 0.717) is 31.9 Å². The number of rotatable bonds is 9. The van der Waals surface area contributed by atoms with Gasteiger partial charge in [0.15, 0.2) is 0 Å². The molecule has 2 rings (SSSR count). The van der Waals surface area contributed by atoms with Crippen molar-refractivity contribution < 1.29 is 17.9 Å². The molecule has 0 aliphatic rings. The minimum atomic E-state index is -3.84. The molecule has 0 aliphatic carbocycles. The molecule has 0 radical (unpaired) electrons. The Morgan fingerprint density at radius 2 is 1.96 bits per heavy atom. The number of anilines is 1. The van der Waals surface area contributed by atoms with E-state index in [2.05, 4.69) is 10.0 Å². The van der Waals surface area contributed by atoms with Crippen LogP contribution in [0.2, 0.25) is 5.02 Å². The molecule has 0 aromatic heterocycles. The van der Waals surface area contributed by atoms with E-state index >= 15 is 0 Å². The Balaban J connectivity index is 2.14. The summed E-state index contributed by atoms with van der Waals surface area (Å²) in [5, 5.41) is 2.90. The number of benzene rings is 2. The van der Waals surface area contributed by atoms with Crippen LogP contribution < -0.4 is 10.0 Å². The lowest BCUT2D eigenvalue weighted by Crippen LogP contribution is -2.26. The number of ether oxygens (including phenoxy) is 1. The second kappa shape index (κ2) is 9.73. The number of amides is 1. The van der Waals surface area contributed by atoms with Gasteiger partial charge in [0.05, 0.1) is 15.5 Å². The van der Waals surface area contributed by atoms with Crippen molar-refractivity contribution in [3.63, 3.8) is 0 Å². The van der Waals surface area contributed by atoms with Gasteiger partial charge in [-0.25, -0.2) is 8.42 Å². The molecule has 0 fully saturated rings. The molecule has 2 aromatic carbocycles. The summed E-state index contributed by atoms with van der Waals surface area (Å²) < 4.78 is 33.0. The molecular formula is C19H23ClN2O4S. The van der Waals surface area contributed by atoms with E-state index in [1.807, 2.05) is 19.9 Å². The second-order valence-electron chi connectivity index (χ2n) is 5.92. The van der Waals surface area contributed by atoms with Gasteiger partial charge in [0, 0.05) is 25.4 Å². The molecule has 2 N–H and O–H groups in total. The largest absolute Gasteiger partial charge is 0.382 e. The standard InChI is InChI=1S/C19H23ClN2O4S/c1-3-26-11-5-10-21-19(23)17-13-16(8-9-18(17)20)27(24,25)22-15-7-4-6-14(2)12-15/h4,6-9,12-13,22H,3,5,10-11H2,1-2H3,(H,21,23). The Morgan fingerprint density at radius 1 is 1.19 bits per heavy atom. The smallest absolute Gasteiger partial charge is 0.261 e. The predicted octanol–water partition coefficient (Wildman–Crippen LogP) is 3.61. The van der Waals surface area contributed by atoms with Crippen molar-refractivity contribution in [1.29, 1.82) is 0 Å². The summed E-state index contributed by atoms with van der Waals surface area (Å²) in [5.41, 5.74) is 1.49. The summed E-state index contributed by atoms with van der Waals surface area (Å²) in [4.78, 5) is 12.3. The fourth-order valence-electron chi connectivity index (χ4n) is 2.38. The monoisotopic (exact) mass is 410 g/mol. The van der Waals surface area contributed by atoms with Crippen molar-refractivity contribution in [2.75, 3.05) is 24.5 Å². The summed E-state index contributed by atoms with van der Waals surface area (Å²) in [7, 11) is -3.84. The van der Waals surface area contributed by atoms with E-state index in [1.54, 1.807) is 18.2 Å². The molecule has 0 aliphatic heterocycles. The Morgan fingerprint density at radius 3 is 2.67 bits per heavy atom. The van der Waals surface area contributed by atoms with Crippen LogP contribution in [0.15, 0.2) is 47.4 Å². The van der Waals surface area contributed by atoms with Crippen LogP contribution in [0.1, 0.15) is 29.3 Å². The average Bonchev–Trinajstić information content (AvgIpc) is 2.61. The van der Waals surface area contributed by atoms with Crippen LogP contribution in [0.4, 0.5) is 5.69 Å². The first-order valence-corrected chi connectivity index (χ1v) is 10.4. The van der Waals surface area contributed by atoms with Crippen LogP contribution in [-0.2, 0) is 14.8 Å². The minimum Gasteiger partial charge on any atom is -0.382 e. The normalized spacial score (nSPS) is 11.2. The van der Waals surface area contributed by atoms with E-state index in [4.69, 9.17) is 16.3 Å². The quantitative estimate of drug-likeness (QED) is 0.618. The van der Waals surface area contributed by atoms with Crippen LogP contribution >= 0.6 is 11.6 Å². The minimum absolute atomic E-state index is 0.0344. The Hall–Kier alpha value is -2.09.